The molecule has 0 saturated heterocycles. The monoisotopic (exact) mass is 390 g/mol. The first kappa shape index (κ1) is 15.0. The largest absolute Gasteiger partial charge is 0.453 e. The van der Waals surface area contributed by atoms with Crippen LogP contribution in [0, 0.1) is 0 Å². The molecule has 11 heteroatoms. The Morgan fingerprint density at radius 3 is 2.64 bits per heavy atom. The van der Waals surface area contributed by atoms with Crippen LogP contribution in [0.4, 0.5) is 13.2 Å². The lowest BCUT2D eigenvalue weighted by Gasteiger charge is -2.07. The third kappa shape index (κ3) is 2.73. The van der Waals surface area contributed by atoms with E-state index in [-0.39, 0.29) is 5.16 Å². The minimum Gasteiger partial charge on any atom is -0.335 e. The summed E-state index contributed by atoms with van der Waals surface area (Å²) in [7, 11) is 0. The predicted octanol–water partition coefficient (Wildman–Crippen LogP) is 2.87. The van der Waals surface area contributed by atoms with E-state index >= 15 is 0 Å². The molecule has 0 fully saturated rings. The quantitative estimate of drug-likeness (QED) is 0.535. The van der Waals surface area contributed by atoms with Crippen LogP contribution in [-0.4, -0.2) is 24.8 Å². The van der Waals surface area contributed by atoms with Gasteiger partial charge in [-0.05, 0) is 30.0 Å². The molecule has 2 aromatic heterocycles. The van der Waals surface area contributed by atoms with Gasteiger partial charge in [-0.2, -0.15) is 13.2 Å². The van der Waals surface area contributed by atoms with E-state index in [1.54, 1.807) is 18.2 Å². The van der Waals surface area contributed by atoms with E-state index in [1.807, 2.05) is 0 Å². The van der Waals surface area contributed by atoms with Gasteiger partial charge in [0.25, 0.3) is 5.82 Å². The maximum absolute atomic E-state index is 12.7. The highest BCUT2D eigenvalue weighted by molar-refractivity contribution is 9.10. The molecule has 0 aliphatic rings. The van der Waals surface area contributed by atoms with Gasteiger partial charge in [-0.25, -0.2) is 14.6 Å². The highest BCUT2D eigenvalue weighted by atomic mass is 79.9. The third-order valence-electron chi connectivity index (χ3n) is 2.67. The van der Waals surface area contributed by atoms with Crippen LogP contribution in [0.25, 0.3) is 10.9 Å². The molecule has 2 N–H and O–H groups in total. The highest BCUT2D eigenvalue weighted by Crippen LogP contribution is 2.33. The fourth-order valence-electron chi connectivity index (χ4n) is 1.71. The van der Waals surface area contributed by atoms with Crippen LogP contribution in [-0.2, 0) is 6.18 Å². The van der Waals surface area contributed by atoms with Gasteiger partial charge in [0, 0.05) is 9.86 Å². The molecule has 1 aromatic carbocycles. The van der Waals surface area contributed by atoms with E-state index in [0.717, 1.165) is 16.2 Å². The van der Waals surface area contributed by atoms with E-state index in [2.05, 4.69) is 36.1 Å². The lowest BCUT2D eigenvalue weighted by molar-refractivity contribution is -0.146. The van der Waals surface area contributed by atoms with Gasteiger partial charge in [0.05, 0.1) is 5.52 Å². The van der Waals surface area contributed by atoms with Gasteiger partial charge >= 0.3 is 6.18 Å². The number of alkyl halides is 3. The zero-order chi connectivity index (χ0) is 15.9. The van der Waals surface area contributed by atoms with Crippen molar-refractivity contribution >= 4 is 38.6 Å². The van der Waals surface area contributed by atoms with Gasteiger partial charge in [0.1, 0.15) is 11.4 Å². The minimum atomic E-state index is -4.67. The summed E-state index contributed by atoms with van der Waals surface area (Å²) in [6.45, 7) is 0. The summed E-state index contributed by atoms with van der Waals surface area (Å²) in [5.41, 5.74) is 0.653. The van der Waals surface area contributed by atoms with Gasteiger partial charge < -0.3 is 5.84 Å². The van der Waals surface area contributed by atoms with Gasteiger partial charge in [0.2, 0.25) is 5.16 Å². The minimum absolute atomic E-state index is 0.118. The molecule has 114 valence electrons. The van der Waals surface area contributed by atoms with Crippen molar-refractivity contribution in [2.75, 3.05) is 5.84 Å². The Bertz CT molecular complexity index is 849. The van der Waals surface area contributed by atoms with E-state index in [4.69, 9.17) is 5.84 Å². The number of aromatic nitrogens is 5. The zero-order valence-electron chi connectivity index (χ0n) is 10.5. The topological polar surface area (TPSA) is 82.5 Å². The van der Waals surface area contributed by atoms with Crippen molar-refractivity contribution in [1.29, 1.82) is 0 Å². The SMILES string of the molecule is Nn1c(Sc2ncnc3ccc(Br)cc23)nnc1C(F)(F)F. The third-order valence-corrected chi connectivity index (χ3v) is 4.14. The molecular weight excluding hydrogens is 385 g/mol. The molecule has 3 aromatic rings. The van der Waals surface area contributed by atoms with Crippen LogP contribution in [0.2, 0.25) is 0 Å². The van der Waals surface area contributed by atoms with Crippen molar-refractivity contribution < 1.29 is 13.2 Å². The van der Waals surface area contributed by atoms with Gasteiger partial charge in [-0.15, -0.1) is 10.2 Å². The van der Waals surface area contributed by atoms with Crippen molar-refractivity contribution in [1.82, 2.24) is 24.8 Å². The molecule has 0 amide bonds. The van der Waals surface area contributed by atoms with Crippen LogP contribution < -0.4 is 5.84 Å². The number of rotatable bonds is 2. The standard InChI is InChI=1S/C11H6BrF3N6S/c12-5-1-2-7-6(3-5)8(18-4-17-7)22-10-20-19-9(21(10)16)11(13,14)15/h1-4H,16H2. The van der Waals surface area contributed by atoms with Crippen LogP contribution in [0.5, 0.6) is 0 Å². The molecule has 0 saturated carbocycles. The normalized spacial score (nSPS) is 12.0. The van der Waals surface area contributed by atoms with E-state index in [9.17, 15) is 13.2 Å². The molecule has 0 aliphatic heterocycles. The average molecular weight is 391 g/mol. The first-order valence-electron chi connectivity index (χ1n) is 5.72. The molecule has 0 unspecified atom stereocenters. The summed E-state index contributed by atoms with van der Waals surface area (Å²) in [4.78, 5) is 8.16. The highest BCUT2D eigenvalue weighted by Gasteiger charge is 2.38. The summed E-state index contributed by atoms with van der Waals surface area (Å²) in [6, 6.07) is 5.33. The molecule has 3 rings (SSSR count). The zero-order valence-corrected chi connectivity index (χ0v) is 12.9. The summed E-state index contributed by atoms with van der Waals surface area (Å²) in [6.07, 6.45) is -3.35. The number of hydrogen-bond acceptors (Lipinski definition) is 6. The van der Waals surface area contributed by atoms with Crippen molar-refractivity contribution in [3.05, 3.63) is 34.8 Å². The maximum atomic E-state index is 12.7. The summed E-state index contributed by atoms with van der Waals surface area (Å²) < 4.78 is 39.2. The Hall–Kier alpha value is -1.88. The molecule has 0 radical (unpaired) electrons. The van der Waals surface area contributed by atoms with Crippen molar-refractivity contribution in [3.8, 4) is 0 Å². The maximum Gasteiger partial charge on any atom is 0.453 e. The predicted molar refractivity (Wildman–Crippen MR) is 76.5 cm³/mol. The van der Waals surface area contributed by atoms with E-state index in [0.29, 0.717) is 20.6 Å². The number of fused-ring (bicyclic) bond motifs is 1. The van der Waals surface area contributed by atoms with Crippen molar-refractivity contribution in [2.24, 2.45) is 0 Å². The molecule has 0 aliphatic carbocycles. The van der Waals surface area contributed by atoms with Crippen LogP contribution in [0.1, 0.15) is 5.82 Å². The van der Waals surface area contributed by atoms with E-state index < -0.39 is 12.0 Å². The van der Waals surface area contributed by atoms with E-state index in [1.165, 1.54) is 6.33 Å². The van der Waals surface area contributed by atoms with Crippen LogP contribution in [0.3, 0.4) is 0 Å². The number of nitrogens with two attached hydrogens (primary N) is 1. The molecular formula is C11H6BrF3N6S. The second-order valence-electron chi connectivity index (χ2n) is 4.12. The van der Waals surface area contributed by atoms with Crippen LogP contribution in [0.15, 0.2) is 39.2 Å². The molecule has 0 atom stereocenters. The fourth-order valence-corrected chi connectivity index (χ4v) is 2.89. The second kappa shape index (κ2) is 5.39. The van der Waals surface area contributed by atoms with Gasteiger partial charge in [0.15, 0.2) is 0 Å². The number of benzene rings is 1. The lowest BCUT2D eigenvalue weighted by atomic mass is 10.2. The Kier molecular flexibility index (Phi) is 3.68. The van der Waals surface area contributed by atoms with Crippen molar-refractivity contribution in [3.63, 3.8) is 0 Å². The molecule has 0 bridgehead atoms. The number of hydrogen-bond donors (Lipinski definition) is 1. The molecule has 6 nitrogen and oxygen atoms in total. The molecule has 22 heavy (non-hydrogen) atoms. The summed E-state index contributed by atoms with van der Waals surface area (Å²) >= 11 is 4.21. The Morgan fingerprint density at radius 1 is 1.18 bits per heavy atom. The Morgan fingerprint density at radius 2 is 1.95 bits per heavy atom. The van der Waals surface area contributed by atoms with Crippen molar-refractivity contribution in [2.45, 2.75) is 16.4 Å². The first-order chi connectivity index (χ1) is 10.4. The van der Waals surface area contributed by atoms with Gasteiger partial charge in [-0.3, -0.25) is 0 Å². The summed E-state index contributed by atoms with van der Waals surface area (Å²) in [5, 5.41) is 7.51. The van der Waals surface area contributed by atoms with Crippen LogP contribution >= 0.6 is 27.7 Å². The first-order valence-corrected chi connectivity index (χ1v) is 7.33. The fraction of sp³-hybridized carbons (Fsp3) is 0.0909. The molecule has 0 spiro atoms. The molecule has 2 heterocycles. The summed E-state index contributed by atoms with van der Waals surface area (Å²) in [5.74, 6) is 4.14. The number of nitrogens with zero attached hydrogens (tertiary/aromatic N) is 5. The number of nitrogen functional groups attached to an aromatic ring is 1. The smallest absolute Gasteiger partial charge is 0.335 e. The Labute approximate surface area is 134 Å². The number of halogens is 4. The lowest BCUT2D eigenvalue weighted by Crippen LogP contribution is -2.21. The average Bonchev–Trinajstić information content (AvgIpc) is 2.81. The Balaban J connectivity index is 2.04. The van der Waals surface area contributed by atoms with Gasteiger partial charge in [-0.1, -0.05) is 15.9 Å². The second-order valence-corrected chi connectivity index (χ2v) is 5.99.